The minimum atomic E-state index is -3.07. The van der Waals surface area contributed by atoms with Gasteiger partial charge in [0.25, 0.3) is 5.91 Å². The zero-order chi connectivity index (χ0) is 15.6. The summed E-state index contributed by atoms with van der Waals surface area (Å²) in [6, 6.07) is 4.59. The number of carbonyl (C=O) groups excluding carboxylic acids is 1. The van der Waals surface area contributed by atoms with Crippen molar-refractivity contribution in [2.24, 2.45) is 0 Å². The third kappa shape index (κ3) is 3.97. The van der Waals surface area contributed by atoms with Crippen LogP contribution in [0.5, 0.6) is 5.75 Å². The van der Waals surface area contributed by atoms with E-state index in [1.807, 2.05) is 13.8 Å². The number of benzene rings is 1. The third-order valence-electron chi connectivity index (χ3n) is 3.73. The average Bonchev–Trinajstić information content (AvgIpc) is 2.36. The molecule has 5 nitrogen and oxygen atoms in total. The van der Waals surface area contributed by atoms with Gasteiger partial charge in [0.05, 0.1) is 17.1 Å². The molecule has 1 amide bonds. The van der Waals surface area contributed by atoms with Gasteiger partial charge in [-0.3, -0.25) is 4.79 Å². The highest BCUT2D eigenvalue weighted by Gasteiger charge is 2.26. The Balaban J connectivity index is 2.10. The second-order valence-corrected chi connectivity index (χ2v) is 8.09. The highest BCUT2D eigenvalue weighted by Crippen LogP contribution is 2.24. The van der Waals surface area contributed by atoms with E-state index in [4.69, 9.17) is 0 Å². The lowest BCUT2D eigenvalue weighted by molar-refractivity contribution is 0.0935. The van der Waals surface area contributed by atoms with Gasteiger partial charge in [-0.2, -0.15) is 0 Å². The highest BCUT2D eigenvalue weighted by molar-refractivity contribution is 7.91. The summed E-state index contributed by atoms with van der Waals surface area (Å²) < 4.78 is 23.1. The molecule has 0 radical (unpaired) electrons. The summed E-state index contributed by atoms with van der Waals surface area (Å²) in [6.07, 6.45) is 1.21. The van der Waals surface area contributed by atoms with Gasteiger partial charge in [0.15, 0.2) is 9.84 Å². The van der Waals surface area contributed by atoms with Gasteiger partial charge in [-0.05, 0) is 36.5 Å². The lowest BCUT2D eigenvalue weighted by atomic mass is 10.0. The first-order valence-corrected chi connectivity index (χ1v) is 8.95. The van der Waals surface area contributed by atoms with Gasteiger partial charge in [-0.25, -0.2) is 8.42 Å². The van der Waals surface area contributed by atoms with E-state index < -0.39 is 15.7 Å². The van der Waals surface area contributed by atoms with Crippen LogP contribution in [0.15, 0.2) is 18.2 Å². The van der Waals surface area contributed by atoms with Crippen LogP contribution < -0.4 is 5.32 Å². The maximum absolute atomic E-state index is 12.2. The molecule has 1 unspecified atom stereocenters. The standard InChI is InChI=1S/C15H21NO4S/c1-10(2)11-5-6-13(14(17)8-11)15(18)16-12-4-3-7-21(19,20)9-12/h5-6,8,10,12,17H,3-4,7,9H2,1-2H3,(H,16,18). The van der Waals surface area contributed by atoms with Crippen LogP contribution >= 0.6 is 0 Å². The SMILES string of the molecule is CC(C)c1ccc(C(=O)NC2CCCS(=O)(=O)C2)c(O)c1. The zero-order valence-corrected chi connectivity index (χ0v) is 13.1. The molecule has 1 saturated heterocycles. The fourth-order valence-electron chi connectivity index (χ4n) is 2.50. The molecule has 1 aromatic rings. The number of rotatable bonds is 3. The van der Waals surface area contributed by atoms with Crippen LogP contribution in [0.4, 0.5) is 0 Å². The number of phenolic OH excluding ortho intramolecular Hbond substituents is 1. The van der Waals surface area contributed by atoms with Crippen LogP contribution in [0.3, 0.4) is 0 Å². The van der Waals surface area contributed by atoms with E-state index in [9.17, 15) is 18.3 Å². The van der Waals surface area contributed by atoms with Crippen LogP contribution in [0.1, 0.15) is 48.5 Å². The Hall–Kier alpha value is -1.56. The van der Waals surface area contributed by atoms with Gasteiger partial charge < -0.3 is 10.4 Å². The van der Waals surface area contributed by atoms with Gasteiger partial charge in [0.2, 0.25) is 0 Å². The van der Waals surface area contributed by atoms with Crippen molar-refractivity contribution >= 4 is 15.7 Å². The topological polar surface area (TPSA) is 83.5 Å². The molecule has 1 aromatic carbocycles. The monoisotopic (exact) mass is 311 g/mol. The molecule has 1 heterocycles. The molecule has 0 saturated carbocycles. The molecule has 0 spiro atoms. The molecule has 0 aliphatic carbocycles. The average molecular weight is 311 g/mol. The molecule has 1 aliphatic heterocycles. The predicted molar refractivity (Wildman–Crippen MR) is 81.3 cm³/mol. The molecule has 1 fully saturated rings. The summed E-state index contributed by atoms with van der Waals surface area (Å²) in [4.78, 5) is 12.2. The molecule has 6 heteroatoms. The van der Waals surface area contributed by atoms with Crippen molar-refractivity contribution in [3.8, 4) is 5.75 Å². The highest BCUT2D eigenvalue weighted by atomic mass is 32.2. The van der Waals surface area contributed by atoms with Crippen molar-refractivity contribution in [1.29, 1.82) is 0 Å². The van der Waals surface area contributed by atoms with Gasteiger partial charge in [0.1, 0.15) is 5.75 Å². The number of amides is 1. The Morgan fingerprint density at radius 2 is 2.10 bits per heavy atom. The predicted octanol–water partition coefficient (Wildman–Crippen LogP) is 1.82. The molecule has 2 N–H and O–H groups in total. The fraction of sp³-hybridized carbons (Fsp3) is 0.533. The number of hydrogen-bond donors (Lipinski definition) is 2. The van der Waals surface area contributed by atoms with Gasteiger partial charge in [-0.1, -0.05) is 19.9 Å². The Morgan fingerprint density at radius 3 is 2.67 bits per heavy atom. The maximum Gasteiger partial charge on any atom is 0.255 e. The molecule has 1 atom stereocenters. The van der Waals surface area contributed by atoms with Gasteiger partial charge in [0, 0.05) is 6.04 Å². The van der Waals surface area contributed by atoms with E-state index in [1.165, 1.54) is 0 Å². The first-order valence-electron chi connectivity index (χ1n) is 7.12. The molecule has 1 aliphatic rings. The number of aromatic hydroxyl groups is 1. The van der Waals surface area contributed by atoms with Crippen molar-refractivity contribution in [3.05, 3.63) is 29.3 Å². The summed E-state index contributed by atoms with van der Waals surface area (Å²) in [5.74, 6) is -0.0733. The van der Waals surface area contributed by atoms with Gasteiger partial charge in [-0.15, -0.1) is 0 Å². The lowest BCUT2D eigenvalue weighted by Gasteiger charge is -2.23. The van der Waals surface area contributed by atoms with E-state index in [2.05, 4.69) is 5.32 Å². The Bertz CT molecular complexity index is 637. The number of phenols is 1. The normalized spacial score (nSPS) is 21.2. The summed E-state index contributed by atoms with van der Waals surface area (Å²) in [6.45, 7) is 4.00. The molecule has 116 valence electrons. The first-order chi connectivity index (χ1) is 9.78. The quantitative estimate of drug-likeness (QED) is 0.892. The van der Waals surface area contributed by atoms with Crippen LogP contribution in [-0.2, 0) is 9.84 Å². The number of nitrogens with one attached hydrogen (secondary N) is 1. The van der Waals surface area contributed by atoms with Crippen LogP contribution in [-0.4, -0.2) is 37.0 Å². The minimum absolute atomic E-state index is 0.0242. The van der Waals surface area contributed by atoms with Crippen molar-refractivity contribution in [2.75, 3.05) is 11.5 Å². The van der Waals surface area contributed by atoms with Crippen molar-refractivity contribution in [2.45, 2.75) is 38.6 Å². The maximum atomic E-state index is 12.2. The van der Waals surface area contributed by atoms with E-state index in [0.29, 0.717) is 12.8 Å². The third-order valence-corrected chi connectivity index (χ3v) is 5.55. The Labute approximate surface area is 125 Å². The number of hydrogen-bond acceptors (Lipinski definition) is 4. The van der Waals surface area contributed by atoms with Crippen LogP contribution in [0.25, 0.3) is 0 Å². The molecule has 0 bridgehead atoms. The van der Waals surface area contributed by atoms with Crippen molar-refractivity contribution in [1.82, 2.24) is 5.32 Å². The number of sulfone groups is 1. The largest absolute Gasteiger partial charge is 0.507 e. The molecule has 0 aromatic heterocycles. The zero-order valence-electron chi connectivity index (χ0n) is 12.3. The molecular formula is C15H21NO4S. The fourth-order valence-corrected chi connectivity index (χ4v) is 4.14. The molecular weight excluding hydrogens is 290 g/mol. The Morgan fingerprint density at radius 1 is 1.38 bits per heavy atom. The Kier molecular flexibility index (Phi) is 4.56. The smallest absolute Gasteiger partial charge is 0.255 e. The van der Waals surface area contributed by atoms with Crippen LogP contribution in [0.2, 0.25) is 0 Å². The van der Waals surface area contributed by atoms with E-state index in [-0.39, 0.29) is 34.8 Å². The second-order valence-electron chi connectivity index (χ2n) is 5.86. The lowest BCUT2D eigenvalue weighted by Crippen LogP contribution is -2.43. The number of carbonyl (C=O) groups is 1. The first kappa shape index (κ1) is 15.8. The van der Waals surface area contributed by atoms with Crippen molar-refractivity contribution < 1.29 is 18.3 Å². The van der Waals surface area contributed by atoms with E-state index in [0.717, 1.165) is 5.56 Å². The minimum Gasteiger partial charge on any atom is -0.507 e. The van der Waals surface area contributed by atoms with E-state index in [1.54, 1.807) is 18.2 Å². The molecule has 21 heavy (non-hydrogen) atoms. The summed E-state index contributed by atoms with van der Waals surface area (Å²) in [5.41, 5.74) is 1.13. The van der Waals surface area contributed by atoms with Crippen molar-refractivity contribution in [3.63, 3.8) is 0 Å². The summed E-state index contributed by atoms with van der Waals surface area (Å²) >= 11 is 0. The summed E-state index contributed by atoms with van der Waals surface area (Å²) in [5, 5.41) is 12.7. The summed E-state index contributed by atoms with van der Waals surface area (Å²) in [7, 11) is -3.07. The second kappa shape index (κ2) is 6.05. The molecule has 2 rings (SSSR count). The van der Waals surface area contributed by atoms with Gasteiger partial charge >= 0.3 is 0 Å². The van der Waals surface area contributed by atoms with E-state index >= 15 is 0 Å². The van der Waals surface area contributed by atoms with Crippen LogP contribution in [0, 0.1) is 0 Å².